The van der Waals surface area contributed by atoms with Gasteiger partial charge in [-0.25, -0.2) is 9.79 Å². The zero-order valence-electron chi connectivity index (χ0n) is 12.8. The molecule has 0 bridgehead atoms. The smallest absolute Gasteiger partial charge is 0.337 e. The van der Waals surface area contributed by atoms with Gasteiger partial charge < -0.3 is 15.5 Å². The standard InChI is InChI=1S/C17H17N3O3/c1-23-17(22)11-5-2-10(3-6-11)4-7-12-9-19-16-15(12)13(21)8-14(18)20-16/h2-3,5-6,9,19H,4,7-8H2,1H3,(H2,18,20). The van der Waals surface area contributed by atoms with E-state index in [0.29, 0.717) is 29.2 Å². The number of methoxy groups -OCH3 is 1. The summed E-state index contributed by atoms with van der Waals surface area (Å²) in [5.41, 5.74) is 8.83. The molecular formula is C17H17N3O3. The van der Waals surface area contributed by atoms with E-state index < -0.39 is 0 Å². The average molecular weight is 311 g/mol. The fraction of sp³-hybridized carbons (Fsp3) is 0.235. The molecule has 0 saturated heterocycles. The summed E-state index contributed by atoms with van der Waals surface area (Å²) in [6.45, 7) is 0. The van der Waals surface area contributed by atoms with E-state index in [1.807, 2.05) is 18.3 Å². The van der Waals surface area contributed by atoms with Gasteiger partial charge in [0, 0.05) is 6.20 Å². The molecule has 6 heteroatoms. The number of esters is 1. The lowest BCUT2D eigenvalue weighted by Crippen LogP contribution is -2.20. The van der Waals surface area contributed by atoms with Gasteiger partial charge in [0.1, 0.15) is 11.7 Å². The predicted molar refractivity (Wildman–Crippen MR) is 86.2 cm³/mol. The minimum absolute atomic E-state index is 0.00443. The first-order chi connectivity index (χ1) is 11.1. The molecule has 3 N–H and O–H groups in total. The van der Waals surface area contributed by atoms with Crippen LogP contribution in [0.2, 0.25) is 0 Å². The molecular weight excluding hydrogens is 294 g/mol. The molecule has 2 aromatic rings. The van der Waals surface area contributed by atoms with Gasteiger partial charge in [-0.1, -0.05) is 12.1 Å². The lowest BCUT2D eigenvalue weighted by Gasteiger charge is -2.10. The van der Waals surface area contributed by atoms with Crippen LogP contribution in [0.4, 0.5) is 5.82 Å². The second-order valence-corrected chi connectivity index (χ2v) is 5.43. The molecule has 1 aromatic carbocycles. The van der Waals surface area contributed by atoms with Crippen molar-refractivity contribution in [1.29, 1.82) is 0 Å². The van der Waals surface area contributed by atoms with Gasteiger partial charge in [-0.3, -0.25) is 4.79 Å². The summed E-state index contributed by atoms with van der Waals surface area (Å²) in [6, 6.07) is 7.26. The largest absolute Gasteiger partial charge is 0.465 e. The molecule has 6 nitrogen and oxygen atoms in total. The van der Waals surface area contributed by atoms with Gasteiger partial charge in [-0.2, -0.15) is 0 Å². The Morgan fingerprint density at radius 1 is 1.30 bits per heavy atom. The summed E-state index contributed by atoms with van der Waals surface area (Å²) < 4.78 is 4.67. The van der Waals surface area contributed by atoms with E-state index in [-0.39, 0.29) is 18.2 Å². The minimum Gasteiger partial charge on any atom is -0.465 e. The molecule has 0 radical (unpaired) electrons. The normalized spacial score (nSPS) is 13.4. The SMILES string of the molecule is COC(=O)c1ccc(CCc2c[nH]c3c2C(=O)CC(N)=N3)cc1. The fourth-order valence-corrected chi connectivity index (χ4v) is 2.69. The Morgan fingerprint density at radius 3 is 2.74 bits per heavy atom. The number of nitrogens with one attached hydrogen (secondary N) is 1. The van der Waals surface area contributed by atoms with Crippen molar-refractivity contribution < 1.29 is 14.3 Å². The van der Waals surface area contributed by atoms with Crippen molar-refractivity contribution in [3.8, 4) is 0 Å². The number of fused-ring (bicyclic) bond motifs is 1. The number of ether oxygens (including phenoxy) is 1. The second kappa shape index (κ2) is 6.08. The number of nitrogens with two attached hydrogens (primary N) is 1. The highest BCUT2D eigenvalue weighted by molar-refractivity contribution is 6.15. The number of nitrogens with zero attached hydrogens (tertiary/aromatic N) is 1. The van der Waals surface area contributed by atoms with Crippen LogP contribution < -0.4 is 5.73 Å². The third-order valence-electron chi connectivity index (χ3n) is 3.88. The minimum atomic E-state index is -0.350. The van der Waals surface area contributed by atoms with Gasteiger partial charge in [-0.15, -0.1) is 0 Å². The molecule has 0 atom stereocenters. The molecule has 0 spiro atoms. The lowest BCUT2D eigenvalue weighted by atomic mass is 9.98. The number of aromatic nitrogens is 1. The number of Topliss-reactive ketones (excluding diaryl/α,β-unsaturated/α-hetero) is 1. The van der Waals surface area contributed by atoms with Crippen LogP contribution in [0, 0.1) is 0 Å². The molecule has 1 aliphatic rings. The first-order valence-electron chi connectivity index (χ1n) is 7.32. The third kappa shape index (κ3) is 3.01. The number of amidine groups is 1. The third-order valence-corrected chi connectivity index (χ3v) is 3.88. The molecule has 0 unspecified atom stereocenters. The monoisotopic (exact) mass is 311 g/mol. The van der Waals surface area contributed by atoms with E-state index in [9.17, 15) is 9.59 Å². The molecule has 0 fully saturated rings. The van der Waals surface area contributed by atoms with Crippen molar-refractivity contribution in [3.05, 3.63) is 52.7 Å². The summed E-state index contributed by atoms with van der Waals surface area (Å²) >= 11 is 0. The van der Waals surface area contributed by atoms with E-state index in [2.05, 4.69) is 14.7 Å². The van der Waals surface area contributed by atoms with E-state index >= 15 is 0 Å². The van der Waals surface area contributed by atoms with Crippen LogP contribution in [-0.2, 0) is 17.6 Å². The van der Waals surface area contributed by atoms with Crippen LogP contribution >= 0.6 is 0 Å². The Morgan fingerprint density at radius 2 is 2.04 bits per heavy atom. The molecule has 1 aliphatic heterocycles. The summed E-state index contributed by atoms with van der Waals surface area (Å²) in [5, 5.41) is 0. The summed E-state index contributed by atoms with van der Waals surface area (Å²) in [5.74, 6) is 0.547. The quantitative estimate of drug-likeness (QED) is 0.845. The van der Waals surface area contributed by atoms with Crippen LogP contribution in [0.3, 0.4) is 0 Å². The van der Waals surface area contributed by atoms with Gasteiger partial charge in [0.2, 0.25) is 0 Å². The topological polar surface area (TPSA) is 97.5 Å². The Hall–Kier alpha value is -2.89. The van der Waals surface area contributed by atoms with Crippen LogP contribution in [0.25, 0.3) is 0 Å². The van der Waals surface area contributed by atoms with Crippen molar-refractivity contribution in [1.82, 2.24) is 4.98 Å². The average Bonchev–Trinajstić information content (AvgIpc) is 2.95. The zero-order chi connectivity index (χ0) is 16.4. The highest BCUT2D eigenvalue weighted by atomic mass is 16.5. The van der Waals surface area contributed by atoms with Crippen LogP contribution in [0.1, 0.15) is 38.3 Å². The summed E-state index contributed by atoms with van der Waals surface area (Å²) in [7, 11) is 1.36. The summed E-state index contributed by atoms with van der Waals surface area (Å²) in [4.78, 5) is 30.7. The molecule has 0 amide bonds. The van der Waals surface area contributed by atoms with Gasteiger partial charge in [0.05, 0.1) is 24.7 Å². The number of carbonyl (C=O) groups excluding carboxylic acids is 2. The molecule has 3 rings (SSSR count). The van der Waals surface area contributed by atoms with Gasteiger partial charge >= 0.3 is 5.97 Å². The maximum absolute atomic E-state index is 12.1. The number of H-pyrrole nitrogens is 1. The predicted octanol–water partition coefficient (Wildman–Crippen LogP) is 2.16. The molecule has 23 heavy (non-hydrogen) atoms. The van der Waals surface area contributed by atoms with Gasteiger partial charge in [0.25, 0.3) is 0 Å². The zero-order valence-corrected chi connectivity index (χ0v) is 12.8. The summed E-state index contributed by atoms with van der Waals surface area (Å²) in [6.07, 6.45) is 3.46. The Balaban J connectivity index is 1.72. The first-order valence-corrected chi connectivity index (χ1v) is 7.32. The van der Waals surface area contributed by atoms with Crippen molar-refractivity contribution in [2.24, 2.45) is 10.7 Å². The number of aryl methyl sites for hydroxylation is 2. The Bertz CT molecular complexity index is 788. The number of hydrogen-bond donors (Lipinski definition) is 2. The van der Waals surface area contributed by atoms with Crippen molar-refractivity contribution in [2.75, 3.05) is 7.11 Å². The second-order valence-electron chi connectivity index (χ2n) is 5.43. The maximum Gasteiger partial charge on any atom is 0.337 e. The highest BCUT2D eigenvalue weighted by Crippen LogP contribution is 2.28. The van der Waals surface area contributed by atoms with Crippen LogP contribution in [-0.4, -0.2) is 29.7 Å². The van der Waals surface area contributed by atoms with E-state index in [4.69, 9.17) is 5.73 Å². The highest BCUT2D eigenvalue weighted by Gasteiger charge is 2.23. The van der Waals surface area contributed by atoms with Gasteiger partial charge in [-0.05, 0) is 36.1 Å². The number of rotatable bonds is 4. The number of aromatic amines is 1. The van der Waals surface area contributed by atoms with Crippen molar-refractivity contribution >= 4 is 23.4 Å². The molecule has 118 valence electrons. The number of aliphatic imine (C=N–C) groups is 1. The number of carbonyl (C=O) groups is 2. The van der Waals surface area contributed by atoms with E-state index in [1.54, 1.807) is 12.1 Å². The first kappa shape index (κ1) is 15.0. The molecule has 2 heterocycles. The van der Waals surface area contributed by atoms with E-state index in [1.165, 1.54) is 7.11 Å². The fourth-order valence-electron chi connectivity index (χ4n) is 2.69. The number of ketones is 1. The van der Waals surface area contributed by atoms with Crippen molar-refractivity contribution in [2.45, 2.75) is 19.3 Å². The number of hydrogen-bond acceptors (Lipinski definition) is 5. The Kier molecular flexibility index (Phi) is 3.97. The van der Waals surface area contributed by atoms with Crippen LogP contribution in [0.5, 0.6) is 0 Å². The Labute approximate surface area is 133 Å². The number of benzene rings is 1. The van der Waals surface area contributed by atoms with Crippen LogP contribution in [0.15, 0.2) is 35.5 Å². The molecule has 0 aliphatic carbocycles. The van der Waals surface area contributed by atoms with E-state index in [0.717, 1.165) is 17.5 Å². The lowest BCUT2D eigenvalue weighted by molar-refractivity contribution is 0.0600. The molecule has 1 aromatic heterocycles. The van der Waals surface area contributed by atoms with Gasteiger partial charge in [0.15, 0.2) is 5.78 Å². The molecule has 0 saturated carbocycles. The van der Waals surface area contributed by atoms with Crippen molar-refractivity contribution in [3.63, 3.8) is 0 Å². The maximum atomic E-state index is 12.1.